The van der Waals surface area contributed by atoms with Crippen LogP contribution in [0.3, 0.4) is 0 Å². The lowest BCUT2D eigenvalue weighted by atomic mass is 9.75. The predicted molar refractivity (Wildman–Crippen MR) is 56.8 cm³/mol. The van der Waals surface area contributed by atoms with Crippen molar-refractivity contribution in [3.63, 3.8) is 0 Å². The van der Waals surface area contributed by atoms with Crippen LogP contribution >= 0.6 is 0 Å². The van der Waals surface area contributed by atoms with Gasteiger partial charge in [-0.05, 0) is 37.5 Å². The van der Waals surface area contributed by atoms with Crippen LogP contribution in [0.5, 0.6) is 0 Å². The van der Waals surface area contributed by atoms with Crippen molar-refractivity contribution < 1.29 is 4.74 Å². The fourth-order valence-corrected chi connectivity index (χ4v) is 2.52. The van der Waals surface area contributed by atoms with Crippen LogP contribution in [0, 0.1) is 17.8 Å². The van der Waals surface area contributed by atoms with E-state index in [0.717, 1.165) is 24.4 Å². The molecule has 3 atom stereocenters. The summed E-state index contributed by atoms with van der Waals surface area (Å²) in [6.45, 7) is 9.99. The maximum atomic E-state index is 5.83. The van der Waals surface area contributed by atoms with Crippen LogP contribution in [0.2, 0.25) is 0 Å². The van der Waals surface area contributed by atoms with E-state index in [9.17, 15) is 0 Å². The summed E-state index contributed by atoms with van der Waals surface area (Å²) >= 11 is 0. The van der Waals surface area contributed by atoms with Crippen LogP contribution in [-0.4, -0.2) is 12.7 Å². The van der Waals surface area contributed by atoms with Crippen molar-refractivity contribution in [2.24, 2.45) is 17.8 Å². The minimum Gasteiger partial charge on any atom is -0.378 e. The van der Waals surface area contributed by atoms with Crippen molar-refractivity contribution in [1.82, 2.24) is 0 Å². The average molecular weight is 184 g/mol. The third kappa shape index (κ3) is 2.98. The summed E-state index contributed by atoms with van der Waals surface area (Å²) < 4.78 is 5.83. The summed E-state index contributed by atoms with van der Waals surface area (Å²) in [6, 6.07) is 0. The summed E-state index contributed by atoms with van der Waals surface area (Å²) in [6.07, 6.45) is 4.57. The van der Waals surface area contributed by atoms with Crippen molar-refractivity contribution >= 4 is 0 Å². The zero-order valence-corrected chi connectivity index (χ0v) is 9.55. The third-order valence-corrected chi connectivity index (χ3v) is 3.34. The minimum atomic E-state index is 0.536. The molecule has 0 bridgehead atoms. The van der Waals surface area contributed by atoms with Crippen LogP contribution in [0.15, 0.2) is 0 Å². The van der Waals surface area contributed by atoms with Crippen LogP contribution in [0.4, 0.5) is 0 Å². The topological polar surface area (TPSA) is 9.23 Å². The highest BCUT2D eigenvalue weighted by molar-refractivity contribution is 4.81. The molecule has 0 aromatic heterocycles. The predicted octanol–water partition coefficient (Wildman–Crippen LogP) is 3.48. The Hall–Kier alpha value is -0.0400. The Kier molecular flexibility index (Phi) is 4.24. The molecule has 1 aliphatic rings. The molecule has 0 heterocycles. The van der Waals surface area contributed by atoms with Crippen molar-refractivity contribution in [1.29, 1.82) is 0 Å². The number of rotatable bonds is 3. The Bertz CT molecular complexity index is 142. The Morgan fingerprint density at radius 3 is 2.54 bits per heavy atom. The molecule has 0 aromatic carbocycles. The van der Waals surface area contributed by atoms with E-state index in [4.69, 9.17) is 4.74 Å². The van der Waals surface area contributed by atoms with Gasteiger partial charge in [-0.2, -0.15) is 0 Å². The maximum Gasteiger partial charge on any atom is 0.0608 e. The fourth-order valence-electron chi connectivity index (χ4n) is 2.52. The SMILES string of the molecule is CCO[C@@H]1C[C@H](C)CC[C@H]1C(C)C. The normalized spacial score (nSPS) is 35.3. The van der Waals surface area contributed by atoms with Gasteiger partial charge in [0.15, 0.2) is 0 Å². The van der Waals surface area contributed by atoms with Gasteiger partial charge < -0.3 is 4.74 Å². The van der Waals surface area contributed by atoms with Crippen molar-refractivity contribution in [3.8, 4) is 0 Å². The van der Waals surface area contributed by atoms with Crippen LogP contribution < -0.4 is 0 Å². The largest absolute Gasteiger partial charge is 0.378 e. The van der Waals surface area contributed by atoms with E-state index in [2.05, 4.69) is 27.7 Å². The molecule has 0 saturated heterocycles. The van der Waals surface area contributed by atoms with Crippen LogP contribution in [-0.2, 0) is 4.74 Å². The molecule has 78 valence electrons. The van der Waals surface area contributed by atoms with E-state index < -0.39 is 0 Å². The van der Waals surface area contributed by atoms with E-state index >= 15 is 0 Å². The molecule has 1 heteroatoms. The average Bonchev–Trinajstić information content (AvgIpc) is 2.04. The fraction of sp³-hybridized carbons (Fsp3) is 1.00. The Morgan fingerprint density at radius 2 is 2.00 bits per heavy atom. The molecule has 0 radical (unpaired) electrons. The minimum absolute atomic E-state index is 0.536. The molecule has 1 saturated carbocycles. The van der Waals surface area contributed by atoms with Gasteiger partial charge in [0.05, 0.1) is 6.10 Å². The Labute approximate surface area is 82.9 Å². The lowest BCUT2D eigenvalue weighted by molar-refractivity contribution is -0.0327. The highest BCUT2D eigenvalue weighted by atomic mass is 16.5. The molecule has 0 aromatic rings. The first-order valence-corrected chi connectivity index (χ1v) is 5.76. The van der Waals surface area contributed by atoms with Gasteiger partial charge >= 0.3 is 0 Å². The zero-order valence-electron chi connectivity index (χ0n) is 9.55. The molecule has 0 unspecified atom stereocenters. The Balaban J connectivity index is 2.50. The summed E-state index contributed by atoms with van der Waals surface area (Å²) in [4.78, 5) is 0. The van der Waals surface area contributed by atoms with Gasteiger partial charge in [-0.3, -0.25) is 0 Å². The van der Waals surface area contributed by atoms with Crippen LogP contribution in [0.1, 0.15) is 47.0 Å². The molecule has 0 spiro atoms. The second kappa shape index (κ2) is 4.99. The molecule has 13 heavy (non-hydrogen) atoms. The lowest BCUT2D eigenvalue weighted by Crippen LogP contribution is -2.34. The zero-order chi connectivity index (χ0) is 9.84. The van der Waals surface area contributed by atoms with Gasteiger partial charge in [0.2, 0.25) is 0 Å². The molecule has 0 N–H and O–H groups in total. The van der Waals surface area contributed by atoms with Crippen molar-refractivity contribution in [2.75, 3.05) is 6.61 Å². The maximum absolute atomic E-state index is 5.83. The van der Waals surface area contributed by atoms with Gasteiger partial charge in [-0.1, -0.05) is 27.2 Å². The van der Waals surface area contributed by atoms with Gasteiger partial charge in [-0.25, -0.2) is 0 Å². The number of ether oxygens (including phenoxy) is 1. The van der Waals surface area contributed by atoms with E-state index in [0.29, 0.717) is 6.10 Å². The van der Waals surface area contributed by atoms with Gasteiger partial charge in [0, 0.05) is 6.61 Å². The quantitative estimate of drug-likeness (QED) is 0.652. The van der Waals surface area contributed by atoms with Crippen LogP contribution in [0.25, 0.3) is 0 Å². The van der Waals surface area contributed by atoms with Gasteiger partial charge in [0.1, 0.15) is 0 Å². The second-order valence-corrected chi connectivity index (χ2v) is 4.82. The summed E-state index contributed by atoms with van der Waals surface area (Å²) in [7, 11) is 0. The number of hydrogen-bond donors (Lipinski definition) is 0. The molecule has 0 amide bonds. The van der Waals surface area contributed by atoms with E-state index in [1.807, 2.05) is 0 Å². The molecule has 1 rings (SSSR count). The molecule has 1 aliphatic carbocycles. The first-order valence-electron chi connectivity index (χ1n) is 5.76. The van der Waals surface area contributed by atoms with Crippen molar-refractivity contribution in [3.05, 3.63) is 0 Å². The van der Waals surface area contributed by atoms with E-state index in [-0.39, 0.29) is 0 Å². The highest BCUT2D eigenvalue weighted by Crippen LogP contribution is 2.35. The summed E-state index contributed by atoms with van der Waals surface area (Å²) in [5.41, 5.74) is 0. The monoisotopic (exact) mass is 184 g/mol. The molecular weight excluding hydrogens is 160 g/mol. The first-order chi connectivity index (χ1) is 6.15. The van der Waals surface area contributed by atoms with Gasteiger partial charge in [0.25, 0.3) is 0 Å². The molecular formula is C12H24O. The van der Waals surface area contributed by atoms with E-state index in [1.54, 1.807) is 0 Å². The second-order valence-electron chi connectivity index (χ2n) is 4.82. The summed E-state index contributed by atoms with van der Waals surface area (Å²) in [5, 5.41) is 0. The van der Waals surface area contributed by atoms with E-state index in [1.165, 1.54) is 19.3 Å². The van der Waals surface area contributed by atoms with Gasteiger partial charge in [-0.15, -0.1) is 0 Å². The number of hydrogen-bond acceptors (Lipinski definition) is 1. The van der Waals surface area contributed by atoms with Crippen molar-refractivity contribution in [2.45, 2.75) is 53.1 Å². The lowest BCUT2D eigenvalue weighted by Gasteiger charge is -2.36. The molecule has 1 nitrogen and oxygen atoms in total. The smallest absolute Gasteiger partial charge is 0.0608 e. The standard InChI is InChI=1S/C12H24O/c1-5-13-12-8-10(4)6-7-11(12)9(2)3/h9-12H,5-8H2,1-4H3/t10-,11+,12-/m1/s1. The third-order valence-electron chi connectivity index (χ3n) is 3.34. The first kappa shape index (κ1) is 11.0. The molecule has 1 fully saturated rings. The molecule has 0 aliphatic heterocycles. The Morgan fingerprint density at radius 1 is 1.31 bits per heavy atom. The highest BCUT2D eigenvalue weighted by Gasteiger charge is 2.30. The summed E-state index contributed by atoms with van der Waals surface area (Å²) in [5.74, 6) is 2.45.